The van der Waals surface area contributed by atoms with Crippen molar-refractivity contribution in [1.29, 1.82) is 0 Å². The standard InChI is InChI=1S/C10H10BrF2N/c11-7-4-8(12)6(3-9(7)13)10(14)5-1-2-5/h3-5,10H,1-2,14H2. The Hall–Kier alpha value is -0.480. The molecule has 1 saturated carbocycles. The van der Waals surface area contributed by atoms with Gasteiger partial charge in [-0.15, -0.1) is 0 Å². The van der Waals surface area contributed by atoms with E-state index in [9.17, 15) is 8.78 Å². The first-order valence-electron chi connectivity index (χ1n) is 4.49. The van der Waals surface area contributed by atoms with E-state index in [1.807, 2.05) is 0 Å². The van der Waals surface area contributed by atoms with Crippen LogP contribution < -0.4 is 5.73 Å². The van der Waals surface area contributed by atoms with Crippen LogP contribution in [0.5, 0.6) is 0 Å². The Morgan fingerprint density at radius 1 is 1.29 bits per heavy atom. The van der Waals surface area contributed by atoms with E-state index in [2.05, 4.69) is 15.9 Å². The van der Waals surface area contributed by atoms with Crippen LogP contribution in [0.3, 0.4) is 0 Å². The Morgan fingerprint density at radius 2 is 1.93 bits per heavy atom. The van der Waals surface area contributed by atoms with E-state index in [0.29, 0.717) is 5.92 Å². The predicted molar refractivity (Wildman–Crippen MR) is 53.7 cm³/mol. The lowest BCUT2D eigenvalue weighted by molar-refractivity contribution is 0.537. The van der Waals surface area contributed by atoms with E-state index < -0.39 is 11.6 Å². The molecular weight excluding hydrogens is 252 g/mol. The summed E-state index contributed by atoms with van der Waals surface area (Å²) < 4.78 is 26.7. The molecule has 0 aliphatic heterocycles. The summed E-state index contributed by atoms with van der Waals surface area (Å²) in [5.74, 6) is -0.569. The molecule has 1 unspecified atom stereocenters. The van der Waals surface area contributed by atoms with Crippen LogP contribution in [0.15, 0.2) is 16.6 Å². The Balaban J connectivity index is 2.36. The van der Waals surface area contributed by atoms with Gasteiger partial charge >= 0.3 is 0 Å². The Morgan fingerprint density at radius 3 is 2.50 bits per heavy atom. The van der Waals surface area contributed by atoms with Crippen LogP contribution >= 0.6 is 15.9 Å². The third-order valence-electron chi connectivity index (χ3n) is 2.53. The summed E-state index contributed by atoms with van der Waals surface area (Å²) in [6, 6.07) is 1.95. The highest BCUT2D eigenvalue weighted by molar-refractivity contribution is 9.10. The van der Waals surface area contributed by atoms with Gasteiger partial charge in [0.15, 0.2) is 0 Å². The van der Waals surface area contributed by atoms with Gasteiger partial charge in [-0.2, -0.15) is 0 Å². The lowest BCUT2D eigenvalue weighted by atomic mass is 10.0. The van der Waals surface area contributed by atoms with Crippen molar-refractivity contribution in [1.82, 2.24) is 0 Å². The molecule has 1 nitrogen and oxygen atoms in total. The average molecular weight is 262 g/mol. The number of hydrogen-bond donors (Lipinski definition) is 1. The van der Waals surface area contributed by atoms with Crippen molar-refractivity contribution < 1.29 is 8.78 Å². The van der Waals surface area contributed by atoms with Crippen molar-refractivity contribution >= 4 is 15.9 Å². The van der Waals surface area contributed by atoms with E-state index in [1.54, 1.807) is 0 Å². The molecule has 14 heavy (non-hydrogen) atoms. The normalized spacial score (nSPS) is 18.3. The molecule has 1 aromatic carbocycles. The fourth-order valence-electron chi connectivity index (χ4n) is 1.50. The molecule has 0 spiro atoms. The first-order valence-corrected chi connectivity index (χ1v) is 5.29. The van der Waals surface area contributed by atoms with E-state index >= 15 is 0 Å². The van der Waals surface area contributed by atoms with E-state index in [1.165, 1.54) is 6.07 Å². The molecule has 0 amide bonds. The summed E-state index contributed by atoms with van der Waals surface area (Å²) in [7, 11) is 0. The largest absolute Gasteiger partial charge is 0.324 e. The van der Waals surface area contributed by atoms with Crippen LogP contribution in [0.1, 0.15) is 24.4 Å². The van der Waals surface area contributed by atoms with Gasteiger partial charge in [0.1, 0.15) is 11.6 Å². The molecule has 1 atom stereocenters. The second kappa shape index (κ2) is 3.59. The minimum Gasteiger partial charge on any atom is -0.324 e. The Labute approximate surface area is 89.4 Å². The summed E-state index contributed by atoms with van der Waals surface area (Å²) in [6.45, 7) is 0. The fraction of sp³-hybridized carbons (Fsp3) is 0.400. The minimum absolute atomic E-state index is 0.141. The van der Waals surface area contributed by atoms with Crippen molar-refractivity contribution in [2.45, 2.75) is 18.9 Å². The maximum atomic E-state index is 13.4. The molecule has 0 radical (unpaired) electrons. The lowest BCUT2D eigenvalue weighted by Gasteiger charge is -2.12. The van der Waals surface area contributed by atoms with E-state index in [-0.39, 0.29) is 16.1 Å². The van der Waals surface area contributed by atoms with Crippen molar-refractivity contribution in [2.24, 2.45) is 11.7 Å². The van der Waals surface area contributed by atoms with Gasteiger partial charge in [-0.05, 0) is 46.8 Å². The van der Waals surface area contributed by atoms with Crippen LogP contribution in [-0.2, 0) is 0 Å². The van der Waals surface area contributed by atoms with Gasteiger partial charge in [0.05, 0.1) is 4.47 Å². The van der Waals surface area contributed by atoms with E-state index in [0.717, 1.165) is 18.9 Å². The molecule has 0 aromatic heterocycles. The Bertz CT molecular complexity index is 363. The van der Waals surface area contributed by atoms with Crippen LogP contribution in [0.4, 0.5) is 8.78 Å². The maximum absolute atomic E-state index is 13.4. The maximum Gasteiger partial charge on any atom is 0.137 e. The molecule has 1 aromatic rings. The number of halogens is 3. The topological polar surface area (TPSA) is 26.0 Å². The highest BCUT2D eigenvalue weighted by atomic mass is 79.9. The Kier molecular flexibility index (Phi) is 2.58. The van der Waals surface area contributed by atoms with Crippen LogP contribution in [0.2, 0.25) is 0 Å². The zero-order chi connectivity index (χ0) is 10.3. The van der Waals surface area contributed by atoms with Crippen molar-refractivity contribution in [3.8, 4) is 0 Å². The first kappa shape index (κ1) is 10.1. The molecule has 0 bridgehead atoms. The quantitative estimate of drug-likeness (QED) is 0.814. The molecular formula is C10H10BrF2N. The summed E-state index contributed by atoms with van der Waals surface area (Å²) in [5, 5.41) is 0. The molecule has 1 aliphatic carbocycles. The van der Waals surface area contributed by atoms with Gasteiger partial charge in [-0.3, -0.25) is 0 Å². The summed E-state index contributed by atoms with van der Waals surface area (Å²) in [5.41, 5.74) is 6.08. The molecule has 0 saturated heterocycles. The number of rotatable bonds is 2. The van der Waals surface area contributed by atoms with Gasteiger partial charge in [0.2, 0.25) is 0 Å². The fourth-order valence-corrected chi connectivity index (χ4v) is 1.82. The van der Waals surface area contributed by atoms with Crippen molar-refractivity contribution in [3.05, 3.63) is 33.8 Å². The zero-order valence-electron chi connectivity index (χ0n) is 7.43. The molecule has 2 N–H and O–H groups in total. The summed E-state index contributed by atoms with van der Waals surface area (Å²) in [4.78, 5) is 0. The monoisotopic (exact) mass is 261 g/mol. The highest BCUT2D eigenvalue weighted by Crippen LogP contribution is 2.40. The minimum atomic E-state index is -0.461. The third kappa shape index (κ3) is 1.81. The SMILES string of the molecule is NC(c1cc(F)c(Br)cc1F)C1CC1. The van der Waals surface area contributed by atoms with Gasteiger partial charge in [-0.1, -0.05) is 0 Å². The van der Waals surface area contributed by atoms with Gasteiger partial charge < -0.3 is 5.73 Å². The van der Waals surface area contributed by atoms with Gasteiger partial charge in [0, 0.05) is 11.6 Å². The highest BCUT2D eigenvalue weighted by Gasteiger charge is 2.31. The van der Waals surface area contributed by atoms with Gasteiger partial charge in [0.25, 0.3) is 0 Å². The first-order chi connectivity index (χ1) is 6.59. The van der Waals surface area contributed by atoms with Crippen molar-refractivity contribution in [3.63, 3.8) is 0 Å². The second-order valence-corrected chi connectivity index (χ2v) is 4.51. The van der Waals surface area contributed by atoms with Crippen LogP contribution in [-0.4, -0.2) is 0 Å². The van der Waals surface area contributed by atoms with Gasteiger partial charge in [-0.25, -0.2) is 8.78 Å². The van der Waals surface area contributed by atoms with Crippen LogP contribution in [0.25, 0.3) is 0 Å². The molecule has 4 heteroatoms. The second-order valence-electron chi connectivity index (χ2n) is 3.65. The molecule has 1 aliphatic rings. The average Bonchev–Trinajstić information content (AvgIpc) is 2.93. The molecule has 1 fully saturated rings. The number of hydrogen-bond acceptors (Lipinski definition) is 1. The lowest BCUT2D eigenvalue weighted by Crippen LogP contribution is -2.14. The zero-order valence-corrected chi connectivity index (χ0v) is 9.02. The molecule has 76 valence electrons. The van der Waals surface area contributed by atoms with Crippen molar-refractivity contribution in [2.75, 3.05) is 0 Å². The van der Waals surface area contributed by atoms with E-state index in [4.69, 9.17) is 5.73 Å². The number of nitrogens with two attached hydrogens (primary N) is 1. The molecule has 0 heterocycles. The summed E-state index contributed by atoms with van der Waals surface area (Å²) in [6.07, 6.45) is 2.02. The predicted octanol–water partition coefficient (Wildman–Crippen LogP) is 3.14. The van der Waals surface area contributed by atoms with Crippen LogP contribution in [0, 0.1) is 17.6 Å². The third-order valence-corrected chi connectivity index (χ3v) is 3.14. The smallest absolute Gasteiger partial charge is 0.137 e. The molecule has 2 rings (SSSR count). The number of benzene rings is 1. The summed E-state index contributed by atoms with van der Waals surface area (Å²) >= 11 is 2.93.